The number of anilines is 1. The number of carbonyl (C=O) groups is 1. The van der Waals surface area contributed by atoms with Gasteiger partial charge in [-0.1, -0.05) is 56.3 Å². The highest BCUT2D eigenvalue weighted by molar-refractivity contribution is 7.54. The Labute approximate surface area is 160 Å². The summed E-state index contributed by atoms with van der Waals surface area (Å²) in [6.45, 7) is 4.45. The maximum absolute atomic E-state index is 13.6. The normalized spacial score (nSPS) is 12.5. The fourth-order valence-corrected chi connectivity index (χ4v) is 4.59. The molecule has 7 heteroatoms. The molecule has 0 aliphatic heterocycles. The Hall–Kier alpha value is -2.14. The lowest BCUT2D eigenvalue weighted by Gasteiger charge is -2.29. The van der Waals surface area contributed by atoms with E-state index in [4.69, 9.17) is 9.05 Å². The first-order valence-corrected chi connectivity index (χ1v) is 10.6. The van der Waals surface area contributed by atoms with E-state index in [2.05, 4.69) is 5.32 Å². The van der Waals surface area contributed by atoms with E-state index in [1.807, 2.05) is 44.2 Å². The number of aromatic carboxylic acids is 1. The predicted molar refractivity (Wildman–Crippen MR) is 104 cm³/mol. The van der Waals surface area contributed by atoms with Gasteiger partial charge in [-0.05, 0) is 36.1 Å². The van der Waals surface area contributed by atoms with Gasteiger partial charge in [0, 0.05) is 5.69 Å². The van der Waals surface area contributed by atoms with Crippen LogP contribution >= 0.6 is 7.60 Å². The highest BCUT2D eigenvalue weighted by Gasteiger charge is 2.37. The van der Waals surface area contributed by atoms with Gasteiger partial charge in [0.2, 0.25) is 0 Å². The minimum atomic E-state index is -3.56. The molecule has 0 radical (unpaired) electrons. The molecule has 0 aliphatic rings. The van der Waals surface area contributed by atoms with E-state index in [9.17, 15) is 14.5 Å². The summed E-state index contributed by atoms with van der Waals surface area (Å²) in [7, 11) is -3.56. The Morgan fingerprint density at radius 3 is 2.22 bits per heavy atom. The Balaban J connectivity index is 2.42. The summed E-state index contributed by atoms with van der Waals surface area (Å²) >= 11 is 0. The third-order valence-electron chi connectivity index (χ3n) is 3.78. The Kier molecular flexibility index (Phi) is 8.04. The SMILES string of the molecule is CCCOP(=O)(OCCC)[C@@H](Nc1cccc(C(=O)[O-])c1)c1ccccc1. The summed E-state index contributed by atoms with van der Waals surface area (Å²) in [6, 6.07) is 15.4. The lowest BCUT2D eigenvalue weighted by Crippen LogP contribution is -2.22. The summed E-state index contributed by atoms with van der Waals surface area (Å²) in [6.07, 6.45) is 1.39. The first-order chi connectivity index (χ1) is 13.0. The van der Waals surface area contributed by atoms with Crippen molar-refractivity contribution in [2.24, 2.45) is 0 Å². The number of benzene rings is 2. The molecule has 0 saturated heterocycles. The number of rotatable bonds is 11. The first kappa shape index (κ1) is 21.2. The van der Waals surface area contributed by atoms with Crippen LogP contribution in [0.15, 0.2) is 54.6 Å². The highest BCUT2D eigenvalue weighted by Crippen LogP contribution is 2.61. The molecule has 6 nitrogen and oxygen atoms in total. The molecule has 2 aromatic rings. The van der Waals surface area contributed by atoms with Crippen LogP contribution in [0.25, 0.3) is 0 Å². The average Bonchev–Trinajstić information content (AvgIpc) is 2.69. The minimum Gasteiger partial charge on any atom is -0.545 e. The maximum atomic E-state index is 13.6. The summed E-state index contributed by atoms with van der Waals surface area (Å²) in [5, 5.41) is 14.3. The summed E-state index contributed by atoms with van der Waals surface area (Å²) in [4.78, 5) is 11.1. The molecule has 0 unspecified atom stereocenters. The number of hydrogen-bond donors (Lipinski definition) is 1. The lowest BCUT2D eigenvalue weighted by atomic mass is 10.2. The quantitative estimate of drug-likeness (QED) is 0.579. The van der Waals surface area contributed by atoms with Gasteiger partial charge in [-0.2, -0.15) is 0 Å². The van der Waals surface area contributed by atoms with Gasteiger partial charge in [0.05, 0.1) is 19.2 Å². The average molecular weight is 390 g/mol. The Morgan fingerprint density at radius 1 is 1.04 bits per heavy atom. The number of hydrogen-bond acceptors (Lipinski definition) is 6. The monoisotopic (exact) mass is 390 g/mol. The van der Waals surface area contributed by atoms with E-state index < -0.39 is 19.3 Å². The molecule has 0 aliphatic carbocycles. The fourth-order valence-electron chi connectivity index (χ4n) is 2.50. The van der Waals surface area contributed by atoms with Gasteiger partial charge >= 0.3 is 7.60 Å². The second-order valence-corrected chi connectivity index (χ2v) is 8.14. The van der Waals surface area contributed by atoms with Crippen LogP contribution in [0, 0.1) is 0 Å². The van der Waals surface area contributed by atoms with Crippen molar-refractivity contribution in [2.75, 3.05) is 18.5 Å². The molecule has 0 saturated carbocycles. The molecule has 0 aromatic heterocycles. The standard InChI is InChI=1S/C20H26NO5P/c1-3-13-25-27(24,26-14-4-2)19(16-9-6-5-7-10-16)21-18-12-8-11-17(15-18)20(22)23/h5-12,15,19,21H,3-4,13-14H2,1-2H3,(H,22,23)/p-1/t19-/m1/s1. The van der Waals surface area contributed by atoms with E-state index >= 15 is 0 Å². The van der Waals surface area contributed by atoms with Gasteiger partial charge in [0.25, 0.3) is 0 Å². The van der Waals surface area contributed by atoms with Gasteiger partial charge < -0.3 is 24.3 Å². The fraction of sp³-hybridized carbons (Fsp3) is 0.350. The van der Waals surface area contributed by atoms with Crippen molar-refractivity contribution in [1.29, 1.82) is 0 Å². The van der Waals surface area contributed by atoms with Crippen LogP contribution in [-0.2, 0) is 13.6 Å². The summed E-state index contributed by atoms with van der Waals surface area (Å²) in [5.41, 5.74) is 1.25. The first-order valence-electron chi connectivity index (χ1n) is 9.02. The van der Waals surface area contributed by atoms with E-state index in [0.717, 1.165) is 5.56 Å². The van der Waals surface area contributed by atoms with E-state index in [1.54, 1.807) is 12.1 Å². The molecule has 0 heterocycles. The molecule has 1 N–H and O–H groups in total. The molecule has 0 bridgehead atoms. The van der Waals surface area contributed by atoms with Crippen LogP contribution in [0.5, 0.6) is 0 Å². The topological polar surface area (TPSA) is 87.7 Å². The van der Waals surface area contributed by atoms with Crippen LogP contribution in [0.1, 0.15) is 48.4 Å². The van der Waals surface area contributed by atoms with Crippen molar-refractivity contribution in [3.63, 3.8) is 0 Å². The van der Waals surface area contributed by atoms with Gasteiger partial charge in [-0.15, -0.1) is 0 Å². The van der Waals surface area contributed by atoms with Crippen LogP contribution in [-0.4, -0.2) is 19.2 Å². The third kappa shape index (κ3) is 5.93. The molecular weight excluding hydrogens is 365 g/mol. The van der Waals surface area contributed by atoms with Crippen molar-refractivity contribution < 1.29 is 23.5 Å². The van der Waals surface area contributed by atoms with Crippen molar-refractivity contribution in [3.05, 3.63) is 65.7 Å². The predicted octanol–water partition coefficient (Wildman–Crippen LogP) is 4.21. The molecule has 0 spiro atoms. The second kappa shape index (κ2) is 10.3. The smallest absolute Gasteiger partial charge is 0.357 e. The molecule has 0 amide bonds. The molecule has 2 aromatic carbocycles. The molecule has 1 atom stereocenters. The zero-order chi connectivity index (χ0) is 19.7. The minimum absolute atomic E-state index is 0.0330. The van der Waals surface area contributed by atoms with Crippen molar-refractivity contribution in [3.8, 4) is 0 Å². The van der Waals surface area contributed by atoms with Gasteiger partial charge in [-0.25, -0.2) is 0 Å². The number of carboxylic acid groups (broad SMARTS) is 1. The van der Waals surface area contributed by atoms with E-state index in [1.165, 1.54) is 12.1 Å². The maximum Gasteiger partial charge on any atom is 0.357 e. The summed E-state index contributed by atoms with van der Waals surface area (Å²) < 4.78 is 25.0. The van der Waals surface area contributed by atoms with Crippen molar-refractivity contribution in [1.82, 2.24) is 0 Å². The number of carbonyl (C=O) groups excluding carboxylic acids is 1. The van der Waals surface area contributed by atoms with Crippen LogP contribution in [0.2, 0.25) is 0 Å². The molecule has 27 heavy (non-hydrogen) atoms. The highest BCUT2D eigenvalue weighted by atomic mass is 31.2. The van der Waals surface area contributed by atoms with Gasteiger partial charge in [0.1, 0.15) is 0 Å². The van der Waals surface area contributed by atoms with Crippen molar-refractivity contribution in [2.45, 2.75) is 32.5 Å². The van der Waals surface area contributed by atoms with Crippen LogP contribution < -0.4 is 10.4 Å². The van der Waals surface area contributed by atoms with Gasteiger partial charge in [0.15, 0.2) is 5.78 Å². The largest absolute Gasteiger partial charge is 0.545 e. The number of carboxylic acids is 1. The second-order valence-electron chi connectivity index (χ2n) is 6.03. The Bertz CT molecular complexity index is 769. The third-order valence-corrected chi connectivity index (χ3v) is 5.93. The molecular formula is C20H25NO5P-. The van der Waals surface area contributed by atoms with E-state index in [0.29, 0.717) is 31.7 Å². The van der Waals surface area contributed by atoms with Crippen LogP contribution in [0.4, 0.5) is 5.69 Å². The van der Waals surface area contributed by atoms with Crippen molar-refractivity contribution >= 4 is 19.3 Å². The molecule has 146 valence electrons. The Morgan fingerprint density at radius 2 is 1.67 bits per heavy atom. The van der Waals surface area contributed by atoms with Crippen LogP contribution in [0.3, 0.4) is 0 Å². The zero-order valence-corrected chi connectivity index (χ0v) is 16.5. The van der Waals surface area contributed by atoms with Gasteiger partial charge in [-0.3, -0.25) is 4.57 Å². The zero-order valence-electron chi connectivity index (χ0n) is 15.6. The van der Waals surface area contributed by atoms with E-state index in [-0.39, 0.29) is 5.56 Å². The molecule has 2 rings (SSSR count). The number of nitrogens with one attached hydrogen (secondary N) is 1. The lowest BCUT2D eigenvalue weighted by molar-refractivity contribution is -0.255. The summed E-state index contributed by atoms with van der Waals surface area (Å²) in [5.74, 6) is -2.05. The molecule has 0 fully saturated rings.